The van der Waals surface area contributed by atoms with Crippen LogP contribution in [0.1, 0.15) is 43.5 Å². The van der Waals surface area contributed by atoms with Gasteiger partial charge in [-0.05, 0) is 37.1 Å². The maximum Gasteiger partial charge on any atom is 0.164 e. The molecule has 0 aliphatic carbocycles. The van der Waals surface area contributed by atoms with E-state index in [1.165, 1.54) is 0 Å². The maximum atomic E-state index is 12.1. The van der Waals surface area contributed by atoms with Crippen LogP contribution in [-0.4, -0.2) is 41.5 Å². The molecular weight excluding hydrogens is 274 g/mol. The van der Waals surface area contributed by atoms with Crippen LogP contribution in [0.2, 0.25) is 5.02 Å². The summed E-state index contributed by atoms with van der Waals surface area (Å²) in [7, 11) is 0. The lowest BCUT2D eigenvalue weighted by molar-refractivity contribution is 0.0927. The molecule has 4 heteroatoms. The molecule has 0 unspecified atom stereocenters. The summed E-state index contributed by atoms with van der Waals surface area (Å²) >= 11 is 5.82. The van der Waals surface area contributed by atoms with E-state index in [1.54, 1.807) is 24.3 Å². The lowest BCUT2D eigenvalue weighted by Crippen LogP contribution is -2.38. The van der Waals surface area contributed by atoms with Crippen LogP contribution < -0.4 is 0 Å². The average Bonchev–Trinajstić information content (AvgIpc) is 2.46. The molecule has 112 valence electrons. The fraction of sp³-hybridized carbons (Fsp3) is 0.562. The van der Waals surface area contributed by atoms with E-state index in [0.717, 1.165) is 12.8 Å². The summed E-state index contributed by atoms with van der Waals surface area (Å²) in [5.74, 6) is 0.121. The molecule has 0 bridgehead atoms. The van der Waals surface area contributed by atoms with Crippen LogP contribution in [0.25, 0.3) is 0 Å². The SMILES string of the molecule is CCC(CC)N(CCO)CCC(=O)c1ccc(Cl)cc1. The van der Waals surface area contributed by atoms with Crippen LogP contribution in [-0.2, 0) is 0 Å². The Bertz CT molecular complexity index is 401. The van der Waals surface area contributed by atoms with Gasteiger partial charge in [0.15, 0.2) is 5.78 Å². The number of carbonyl (C=O) groups is 1. The first-order valence-corrected chi connectivity index (χ1v) is 7.63. The number of rotatable bonds is 9. The molecule has 3 nitrogen and oxygen atoms in total. The van der Waals surface area contributed by atoms with Crippen LogP contribution in [0, 0.1) is 0 Å². The summed E-state index contributed by atoms with van der Waals surface area (Å²) in [5, 5.41) is 9.79. The maximum absolute atomic E-state index is 12.1. The lowest BCUT2D eigenvalue weighted by Gasteiger charge is -2.29. The molecule has 0 radical (unpaired) electrons. The molecular formula is C16H24ClNO2. The van der Waals surface area contributed by atoms with Crippen LogP contribution in [0.5, 0.6) is 0 Å². The number of hydrogen-bond donors (Lipinski definition) is 1. The van der Waals surface area contributed by atoms with Gasteiger partial charge in [0, 0.05) is 36.1 Å². The molecule has 0 spiro atoms. The highest BCUT2D eigenvalue weighted by Crippen LogP contribution is 2.13. The number of aliphatic hydroxyl groups is 1. The molecule has 0 atom stereocenters. The first-order valence-electron chi connectivity index (χ1n) is 7.26. The minimum Gasteiger partial charge on any atom is -0.395 e. The van der Waals surface area contributed by atoms with Crippen molar-refractivity contribution in [2.45, 2.75) is 39.2 Å². The van der Waals surface area contributed by atoms with E-state index in [1.807, 2.05) is 0 Å². The van der Waals surface area contributed by atoms with E-state index in [0.29, 0.717) is 36.1 Å². The fourth-order valence-corrected chi connectivity index (χ4v) is 2.56. The van der Waals surface area contributed by atoms with Gasteiger partial charge in [0.2, 0.25) is 0 Å². The number of aliphatic hydroxyl groups excluding tert-OH is 1. The third-order valence-corrected chi connectivity index (χ3v) is 3.89. The summed E-state index contributed by atoms with van der Waals surface area (Å²) in [6.07, 6.45) is 2.54. The molecule has 1 aromatic rings. The molecule has 0 saturated carbocycles. The van der Waals surface area contributed by atoms with Crippen molar-refractivity contribution in [3.05, 3.63) is 34.9 Å². The van der Waals surface area contributed by atoms with Gasteiger partial charge in [-0.1, -0.05) is 25.4 Å². The molecule has 1 rings (SSSR count). The molecule has 0 heterocycles. The topological polar surface area (TPSA) is 40.5 Å². The van der Waals surface area contributed by atoms with Gasteiger partial charge in [0.25, 0.3) is 0 Å². The molecule has 0 fully saturated rings. The highest BCUT2D eigenvalue weighted by molar-refractivity contribution is 6.30. The normalized spacial score (nSPS) is 11.3. The van der Waals surface area contributed by atoms with E-state index >= 15 is 0 Å². The number of ketones is 1. The number of carbonyl (C=O) groups excluding carboxylic acids is 1. The lowest BCUT2D eigenvalue weighted by atomic mass is 10.1. The number of hydrogen-bond acceptors (Lipinski definition) is 3. The van der Waals surface area contributed by atoms with Gasteiger partial charge in [0.05, 0.1) is 6.61 Å². The predicted molar refractivity (Wildman–Crippen MR) is 83.4 cm³/mol. The van der Waals surface area contributed by atoms with Gasteiger partial charge in [-0.25, -0.2) is 0 Å². The molecule has 0 amide bonds. The smallest absolute Gasteiger partial charge is 0.164 e. The van der Waals surface area contributed by atoms with Gasteiger partial charge < -0.3 is 5.11 Å². The van der Waals surface area contributed by atoms with Gasteiger partial charge in [0.1, 0.15) is 0 Å². The van der Waals surface area contributed by atoms with E-state index in [-0.39, 0.29) is 12.4 Å². The summed E-state index contributed by atoms with van der Waals surface area (Å²) < 4.78 is 0. The number of benzene rings is 1. The van der Waals surface area contributed by atoms with Gasteiger partial charge >= 0.3 is 0 Å². The Labute approximate surface area is 126 Å². The molecule has 0 saturated heterocycles. The van der Waals surface area contributed by atoms with E-state index in [4.69, 9.17) is 16.7 Å². The number of halogens is 1. The minimum atomic E-state index is 0.121. The van der Waals surface area contributed by atoms with Crippen LogP contribution in [0.15, 0.2) is 24.3 Å². The highest BCUT2D eigenvalue weighted by Gasteiger charge is 2.16. The van der Waals surface area contributed by atoms with Crippen LogP contribution in [0.4, 0.5) is 0 Å². The summed E-state index contributed by atoms with van der Waals surface area (Å²) in [6, 6.07) is 7.43. The molecule has 0 aromatic heterocycles. The minimum absolute atomic E-state index is 0.121. The molecule has 0 aliphatic heterocycles. The van der Waals surface area contributed by atoms with Crippen molar-refractivity contribution in [1.82, 2.24) is 4.90 Å². The van der Waals surface area contributed by atoms with Crippen molar-refractivity contribution in [3.8, 4) is 0 Å². The summed E-state index contributed by atoms with van der Waals surface area (Å²) in [6.45, 7) is 5.72. The van der Waals surface area contributed by atoms with Crippen molar-refractivity contribution >= 4 is 17.4 Å². The molecule has 1 aromatic carbocycles. The zero-order chi connectivity index (χ0) is 15.0. The van der Waals surface area contributed by atoms with E-state index < -0.39 is 0 Å². The van der Waals surface area contributed by atoms with E-state index in [9.17, 15) is 4.79 Å². The second-order valence-electron chi connectivity index (χ2n) is 4.91. The van der Waals surface area contributed by atoms with Crippen molar-refractivity contribution in [3.63, 3.8) is 0 Å². The Balaban J connectivity index is 2.58. The van der Waals surface area contributed by atoms with Crippen molar-refractivity contribution in [1.29, 1.82) is 0 Å². The fourth-order valence-electron chi connectivity index (χ4n) is 2.44. The molecule has 0 aliphatic rings. The first-order chi connectivity index (χ1) is 9.62. The zero-order valence-corrected chi connectivity index (χ0v) is 13.1. The Morgan fingerprint density at radius 1 is 1.20 bits per heavy atom. The second-order valence-corrected chi connectivity index (χ2v) is 5.35. The van der Waals surface area contributed by atoms with Crippen molar-refractivity contribution in [2.75, 3.05) is 19.7 Å². The average molecular weight is 298 g/mol. The molecule has 20 heavy (non-hydrogen) atoms. The second kappa shape index (κ2) is 9.11. The monoisotopic (exact) mass is 297 g/mol. The zero-order valence-electron chi connectivity index (χ0n) is 12.3. The van der Waals surface area contributed by atoms with Gasteiger partial charge in [-0.2, -0.15) is 0 Å². The third kappa shape index (κ3) is 5.23. The summed E-state index contributed by atoms with van der Waals surface area (Å²) in [5.41, 5.74) is 0.697. The largest absolute Gasteiger partial charge is 0.395 e. The number of nitrogens with zero attached hydrogens (tertiary/aromatic N) is 1. The Morgan fingerprint density at radius 3 is 2.30 bits per heavy atom. The molecule has 1 N–H and O–H groups in total. The van der Waals surface area contributed by atoms with Crippen LogP contribution >= 0.6 is 11.6 Å². The van der Waals surface area contributed by atoms with Crippen molar-refractivity contribution < 1.29 is 9.90 Å². The Hall–Kier alpha value is -0.900. The quantitative estimate of drug-likeness (QED) is 0.710. The Kier molecular flexibility index (Phi) is 7.82. The Morgan fingerprint density at radius 2 is 1.80 bits per heavy atom. The standard InChI is InChI=1S/C16H24ClNO2/c1-3-15(4-2)18(11-12-19)10-9-16(20)13-5-7-14(17)8-6-13/h5-8,15,19H,3-4,9-12H2,1-2H3. The van der Waals surface area contributed by atoms with Gasteiger partial charge in [-0.3, -0.25) is 9.69 Å². The third-order valence-electron chi connectivity index (χ3n) is 3.64. The van der Waals surface area contributed by atoms with Crippen LogP contribution in [0.3, 0.4) is 0 Å². The number of Topliss-reactive ketones (excluding diaryl/α,β-unsaturated/α-hetero) is 1. The predicted octanol–water partition coefficient (Wildman–Crippen LogP) is 3.40. The summed E-state index contributed by atoms with van der Waals surface area (Å²) in [4.78, 5) is 14.3. The van der Waals surface area contributed by atoms with Gasteiger partial charge in [-0.15, -0.1) is 0 Å². The van der Waals surface area contributed by atoms with E-state index in [2.05, 4.69) is 18.7 Å². The van der Waals surface area contributed by atoms with Crippen molar-refractivity contribution in [2.24, 2.45) is 0 Å². The highest BCUT2D eigenvalue weighted by atomic mass is 35.5. The first kappa shape index (κ1) is 17.2.